The molecule has 0 saturated carbocycles. The molecule has 0 unspecified atom stereocenters. The SMILES string of the molecule is CC[C@H](C)N1C(=O)/C(=C\c2cc(OC)c(OC)c(OC)c2)SC1=Nc1ccc(C)cc1. The molecular formula is C24H28N2O4S. The first-order valence-corrected chi connectivity index (χ1v) is 10.9. The number of rotatable bonds is 7. The Morgan fingerprint density at radius 2 is 1.68 bits per heavy atom. The molecule has 0 spiro atoms. The summed E-state index contributed by atoms with van der Waals surface area (Å²) >= 11 is 1.38. The number of amidine groups is 1. The van der Waals surface area contributed by atoms with Gasteiger partial charge in [0, 0.05) is 6.04 Å². The minimum Gasteiger partial charge on any atom is -0.493 e. The third kappa shape index (κ3) is 4.88. The third-order valence-electron chi connectivity index (χ3n) is 5.11. The molecule has 2 aromatic rings. The number of methoxy groups -OCH3 is 3. The van der Waals surface area contributed by atoms with E-state index in [1.807, 2.05) is 56.3 Å². The number of amides is 1. The zero-order chi connectivity index (χ0) is 22.5. The molecule has 1 fully saturated rings. The van der Waals surface area contributed by atoms with Crippen molar-refractivity contribution in [2.75, 3.05) is 21.3 Å². The summed E-state index contributed by atoms with van der Waals surface area (Å²) in [7, 11) is 4.70. The van der Waals surface area contributed by atoms with E-state index in [1.165, 1.54) is 17.3 Å². The number of hydrogen-bond donors (Lipinski definition) is 0. The average molecular weight is 441 g/mol. The molecule has 0 bridgehead atoms. The fourth-order valence-corrected chi connectivity index (χ4v) is 4.29. The number of aliphatic imine (C=N–C) groups is 1. The molecule has 1 heterocycles. The molecule has 1 atom stereocenters. The molecule has 1 aliphatic heterocycles. The van der Waals surface area contributed by atoms with Crippen LogP contribution in [-0.4, -0.2) is 43.3 Å². The Balaban J connectivity index is 2.03. The molecule has 3 rings (SSSR count). The monoisotopic (exact) mass is 440 g/mol. The summed E-state index contributed by atoms with van der Waals surface area (Å²) in [4.78, 5) is 20.4. The molecule has 2 aromatic carbocycles. The lowest BCUT2D eigenvalue weighted by atomic mass is 10.1. The lowest BCUT2D eigenvalue weighted by Gasteiger charge is -2.22. The van der Waals surface area contributed by atoms with Crippen molar-refractivity contribution in [2.45, 2.75) is 33.2 Å². The van der Waals surface area contributed by atoms with Crippen molar-refractivity contribution < 1.29 is 19.0 Å². The van der Waals surface area contributed by atoms with E-state index >= 15 is 0 Å². The fraction of sp³-hybridized carbons (Fsp3) is 0.333. The van der Waals surface area contributed by atoms with Crippen molar-refractivity contribution in [3.63, 3.8) is 0 Å². The van der Waals surface area contributed by atoms with Gasteiger partial charge in [-0.05, 0) is 67.9 Å². The van der Waals surface area contributed by atoms with Crippen LogP contribution in [0.4, 0.5) is 5.69 Å². The van der Waals surface area contributed by atoms with Crippen molar-refractivity contribution in [1.29, 1.82) is 0 Å². The highest BCUT2D eigenvalue weighted by Gasteiger charge is 2.36. The van der Waals surface area contributed by atoms with Crippen molar-refractivity contribution in [3.8, 4) is 17.2 Å². The Bertz CT molecular complexity index is 990. The average Bonchev–Trinajstić information content (AvgIpc) is 3.08. The van der Waals surface area contributed by atoms with Crippen LogP contribution in [0.15, 0.2) is 46.3 Å². The highest BCUT2D eigenvalue weighted by Crippen LogP contribution is 2.41. The molecule has 0 aliphatic carbocycles. The van der Waals surface area contributed by atoms with E-state index in [-0.39, 0.29) is 11.9 Å². The molecule has 0 aromatic heterocycles. The maximum atomic E-state index is 13.3. The van der Waals surface area contributed by atoms with Crippen LogP contribution >= 0.6 is 11.8 Å². The summed E-state index contributed by atoms with van der Waals surface area (Å²) in [6, 6.07) is 11.6. The molecule has 0 radical (unpaired) electrons. The van der Waals surface area contributed by atoms with E-state index in [0.717, 1.165) is 17.7 Å². The van der Waals surface area contributed by atoms with Crippen LogP contribution in [-0.2, 0) is 4.79 Å². The smallest absolute Gasteiger partial charge is 0.266 e. The number of ether oxygens (including phenoxy) is 3. The zero-order valence-corrected chi connectivity index (χ0v) is 19.6. The topological polar surface area (TPSA) is 60.4 Å². The minimum absolute atomic E-state index is 0.0371. The summed E-state index contributed by atoms with van der Waals surface area (Å²) in [6.07, 6.45) is 2.67. The van der Waals surface area contributed by atoms with Crippen LogP contribution in [0.25, 0.3) is 6.08 Å². The third-order valence-corrected chi connectivity index (χ3v) is 6.09. The van der Waals surface area contributed by atoms with Gasteiger partial charge in [-0.2, -0.15) is 0 Å². The van der Waals surface area contributed by atoms with E-state index in [9.17, 15) is 4.79 Å². The predicted molar refractivity (Wildman–Crippen MR) is 127 cm³/mol. The first-order chi connectivity index (χ1) is 14.9. The van der Waals surface area contributed by atoms with Crippen LogP contribution in [0.2, 0.25) is 0 Å². The summed E-state index contributed by atoms with van der Waals surface area (Å²) in [5.74, 6) is 1.53. The number of benzene rings is 2. The summed E-state index contributed by atoms with van der Waals surface area (Å²) < 4.78 is 16.3. The molecular weight excluding hydrogens is 412 g/mol. The molecule has 164 valence electrons. The van der Waals surface area contributed by atoms with Crippen LogP contribution in [0, 0.1) is 6.92 Å². The van der Waals surface area contributed by atoms with Crippen molar-refractivity contribution in [2.24, 2.45) is 4.99 Å². The Labute approximate surface area is 187 Å². The van der Waals surface area contributed by atoms with E-state index in [4.69, 9.17) is 19.2 Å². The van der Waals surface area contributed by atoms with Crippen LogP contribution < -0.4 is 14.2 Å². The van der Waals surface area contributed by atoms with E-state index in [1.54, 1.807) is 26.2 Å². The normalized spacial score (nSPS) is 17.4. The maximum Gasteiger partial charge on any atom is 0.266 e. The second-order valence-corrected chi connectivity index (χ2v) is 8.24. The number of carbonyl (C=O) groups excluding carboxylic acids is 1. The Kier molecular flexibility index (Phi) is 7.28. The number of carbonyl (C=O) groups is 1. The largest absolute Gasteiger partial charge is 0.493 e. The van der Waals surface area contributed by atoms with Gasteiger partial charge in [0.2, 0.25) is 5.75 Å². The van der Waals surface area contributed by atoms with Gasteiger partial charge in [-0.25, -0.2) is 4.99 Å². The number of hydrogen-bond acceptors (Lipinski definition) is 6. The van der Waals surface area contributed by atoms with E-state index < -0.39 is 0 Å². The van der Waals surface area contributed by atoms with Gasteiger partial charge in [-0.1, -0.05) is 24.6 Å². The molecule has 1 amide bonds. The molecule has 1 saturated heterocycles. The summed E-state index contributed by atoms with van der Waals surface area (Å²) in [6.45, 7) is 6.13. The van der Waals surface area contributed by atoms with Gasteiger partial charge in [0.15, 0.2) is 16.7 Å². The number of nitrogens with zero attached hydrogens (tertiary/aromatic N) is 2. The summed E-state index contributed by atoms with van der Waals surface area (Å²) in [5.41, 5.74) is 2.77. The first-order valence-electron chi connectivity index (χ1n) is 10.1. The predicted octanol–water partition coefficient (Wildman–Crippen LogP) is 5.42. The zero-order valence-electron chi connectivity index (χ0n) is 18.8. The Morgan fingerprint density at radius 3 is 2.19 bits per heavy atom. The standard InChI is InChI=1S/C24H28N2O4S/c1-7-16(3)26-23(27)21(31-24(26)25-18-10-8-15(2)9-11-18)14-17-12-19(28-4)22(30-6)20(13-17)29-5/h8-14,16H,7H2,1-6H3/b21-14+,25-24?/t16-/m0/s1. The van der Waals surface area contributed by atoms with Gasteiger partial charge in [-0.15, -0.1) is 0 Å². The van der Waals surface area contributed by atoms with Gasteiger partial charge in [-0.3, -0.25) is 9.69 Å². The second kappa shape index (κ2) is 9.92. The highest BCUT2D eigenvalue weighted by atomic mass is 32.2. The number of thioether (sulfide) groups is 1. The van der Waals surface area contributed by atoms with E-state index in [2.05, 4.69) is 6.92 Å². The number of aryl methyl sites for hydroxylation is 1. The maximum absolute atomic E-state index is 13.3. The van der Waals surface area contributed by atoms with Crippen LogP contribution in [0.3, 0.4) is 0 Å². The summed E-state index contributed by atoms with van der Waals surface area (Å²) in [5, 5.41) is 0.682. The van der Waals surface area contributed by atoms with Gasteiger partial charge in [0.25, 0.3) is 5.91 Å². The van der Waals surface area contributed by atoms with E-state index in [0.29, 0.717) is 27.3 Å². The Hall–Kier alpha value is -2.93. The van der Waals surface area contributed by atoms with Crippen molar-refractivity contribution >= 4 is 34.6 Å². The first kappa shape index (κ1) is 22.7. The van der Waals surface area contributed by atoms with Crippen LogP contribution in [0.5, 0.6) is 17.2 Å². The van der Waals surface area contributed by atoms with Gasteiger partial charge in [0.1, 0.15) is 0 Å². The van der Waals surface area contributed by atoms with Crippen molar-refractivity contribution in [1.82, 2.24) is 4.90 Å². The quantitative estimate of drug-likeness (QED) is 0.538. The lowest BCUT2D eigenvalue weighted by molar-refractivity contribution is -0.123. The highest BCUT2D eigenvalue weighted by molar-refractivity contribution is 8.18. The second-order valence-electron chi connectivity index (χ2n) is 7.23. The minimum atomic E-state index is -0.0565. The molecule has 6 nitrogen and oxygen atoms in total. The molecule has 7 heteroatoms. The van der Waals surface area contributed by atoms with Gasteiger partial charge < -0.3 is 14.2 Å². The van der Waals surface area contributed by atoms with Crippen LogP contribution in [0.1, 0.15) is 31.4 Å². The van der Waals surface area contributed by atoms with Gasteiger partial charge in [0.05, 0.1) is 31.9 Å². The molecule has 1 aliphatic rings. The Morgan fingerprint density at radius 1 is 1.06 bits per heavy atom. The fourth-order valence-electron chi connectivity index (χ4n) is 3.20. The molecule has 31 heavy (non-hydrogen) atoms. The van der Waals surface area contributed by atoms with Crippen molar-refractivity contribution in [3.05, 3.63) is 52.4 Å². The molecule has 0 N–H and O–H groups in total. The van der Waals surface area contributed by atoms with Gasteiger partial charge >= 0.3 is 0 Å². The lowest BCUT2D eigenvalue weighted by Crippen LogP contribution is -2.36.